The van der Waals surface area contributed by atoms with Crippen molar-refractivity contribution in [3.05, 3.63) is 29.8 Å². The van der Waals surface area contributed by atoms with Gasteiger partial charge in [-0.2, -0.15) is 0 Å². The van der Waals surface area contributed by atoms with Crippen LogP contribution in [0.15, 0.2) is 24.3 Å². The Labute approximate surface area is 91.5 Å². The van der Waals surface area contributed by atoms with Crippen LogP contribution in [0, 0.1) is 0 Å². The molecule has 0 aromatic heterocycles. The fourth-order valence-corrected chi connectivity index (χ4v) is 2.79. The average molecular weight is 205 g/mol. The summed E-state index contributed by atoms with van der Waals surface area (Å²) in [5, 5.41) is 9.52. The molecule has 0 bridgehead atoms. The van der Waals surface area contributed by atoms with Gasteiger partial charge in [0, 0.05) is 18.5 Å². The molecular formula is C13H19NO. The summed E-state index contributed by atoms with van der Waals surface area (Å²) in [6.07, 6.45) is 2.41. The van der Waals surface area contributed by atoms with Gasteiger partial charge in [-0.15, -0.1) is 0 Å². The molecule has 0 saturated carbocycles. The SMILES string of the molecule is CCCC1(c2cccc(O)c2)CN(C)C1. The molecule has 82 valence electrons. The number of rotatable bonds is 3. The Balaban J connectivity index is 2.26. The third-order valence-electron chi connectivity index (χ3n) is 3.33. The Morgan fingerprint density at radius 3 is 2.67 bits per heavy atom. The van der Waals surface area contributed by atoms with Gasteiger partial charge in [0.25, 0.3) is 0 Å². The van der Waals surface area contributed by atoms with Crippen molar-refractivity contribution in [2.24, 2.45) is 0 Å². The molecule has 0 spiro atoms. The zero-order valence-electron chi connectivity index (χ0n) is 9.53. The number of phenolic OH excluding ortho intramolecular Hbond substituents is 1. The summed E-state index contributed by atoms with van der Waals surface area (Å²) in [6.45, 7) is 4.46. The van der Waals surface area contributed by atoms with E-state index in [1.54, 1.807) is 6.07 Å². The standard InChI is InChI=1S/C13H19NO/c1-3-7-13(9-14(2)10-13)11-5-4-6-12(15)8-11/h4-6,8,15H,3,7,9-10H2,1-2H3. The highest BCUT2D eigenvalue weighted by Gasteiger charge is 2.41. The van der Waals surface area contributed by atoms with E-state index in [-0.39, 0.29) is 0 Å². The van der Waals surface area contributed by atoms with Gasteiger partial charge in [-0.1, -0.05) is 25.5 Å². The fraction of sp³-hybridized carbons (Fsp3) is 0.538. The number of aromatic hydroxyl groups is 1. The van der Waals surface area contributed by atoms with Crippen LogP contribution in [0.4, 0.5) is 0 Å². The fourth-order valence-electron chi connectivity index (χ4n) is 2.79. The van der Waals surface area contributed by atoms with Crippen molar-refractivity contribution in [1.82, 2.24) is 4.90 Å². The van der Waals surface area contributed by atoms with E-state index < -0.39 is 0 Å². The van der Waals surface area contributed by atoms with Crippen LogP contribution in [-0.2, 0) is 5.41 Å². The van der Waals surface area contributed by atoms with E-state index in [1.807, 2.05) is 12.1 Å². The highest BCUT2D eigenvalue weighted by atomic mass is 16.3. The molecule has 1 aromatic rings. The Kier molecular flexibility index (Phi) is 2.70. The normalized spacial score (nSPS) is 19.9. The zero-order chi connectivity index (χ0) is 10.9. The van der Waals surface area contributed by atoms with Gasteiger partial charge in [0.15, 0.2) is 0 Å². The van der Waals surface area contributed by atoms with Crippen LogP contribution >= 0.6 is 0 Å². The second-order valence-corrected chi connectivity index (χ2v) is 4.75. The first-order valence-corrected chi connectivity index (χ1v) is 5.64. The maximum Gasteiger partial charge on any atom is 0.115 e. The van der Waals surface area contributed by atoms with E-state index in [9.17, 15) is 5.11 Å². The van der Waals surface area contributed by atoms with Crippen molar-refractivity contribution >= 4 is 0 Å². The molecule has 1 aliphatic rings. The first-order chi connectivity index (χ1) is 7.16. The molecule has 1 saturated heterocycles. The van der Waals surface area contributed by atoms with Crippen molar-refractivity contribution in [3.63, 3.8) is 0 Å². The van der Waals surface area contributed by atoms with Crippen LogP contribution in [0.2, 0.25) is 0 Å². The third kappa shape index (κ3) is 1.86. The summed E-state index contributed by atoms with van der Waals surface area (Å²) in [5.74, 6) is 0.387. The van der Waals surface area contributed by atoms with Gasteiger partial charge >= 0.3 is 0 Å². The number of benzene rings is 1. The summed E-state index contributed by atoms with van der Waals surface area (Å²) < 4.78 is 0. The van der Waals surface area contributed by atoms with Crippen LogP contribution in [-0.4, -0.2) is 30.1 Å². The highest BCUT2D eigenvalue weighted by Crippen LogP contribution is 2.38. The predicted molar refractivity (Wildman–Crippen MR) is 62.2 cm³/mol. The smallest absolute Gasteiger partial charge is 0.115 e. The van der Waals surface area contributed by atoms with Gasteiger partial charge in [0.1, 0.15) is 5.75 Å². The lowest BCUT2D eigenvalue weighted by atomic mass is 9.71. The summed E-state index contributed by atoms with van der Waals surface area (Å²) in [7, 11) is 2.15. The lowest BCUT2D eigenvalue weighted by Crippen LogP contribution is -2.57. The van der Waals surface area contributed by atoms with E-state index in [0.717, 1.165) is 13.1 Å². The number of phenols is 1. The van der Waals surface area contributed by atoms with E-state index in [1.165, 1.54) is 18.4 Å². The average Bonchev–Trinajstić information content (AvgIpc) is 2.15. The summed E-state index contributed by atoms with van der Waals surface area (Å²) in [6, 6.07) is 7.75. The molecule has 0 radical (unpaired) electrons. The molecule has 2 rings (SSSR count). The quantitative estimate of drug-likeness (QED) is 0.819. The maximum atomic E-state index is 9.52. The Hall–Kier alpha value is -1.02. The van der Waals surface area contributed by atoms with Crippen LogP contribution in [0.5, 0.6) is 5.75 Å². The van der Waals surface area contributed by atoms with E-state index >= 15 is 0 Å². The van der Waals surface area contributed by atoms with Crippen LogP contribution in [0.3, 0.4) is 0 Å². The third-order valence-corrected chi connectivity index (χ3v) is 3.33. The maximum absolute atomic E-state index is 9.52. The Morgan fingerprint density at radius 2 is 2.13 bits per heavy atom. The lowest BCUT2D eigenvalue weighted by Gasteiger charge is -2.49. The van der Waals surface area contributed by atoms with Crippen LogP contribution < -0.4 is 0 Å². The van der Waals surface area contributed by atoms with Gasteiger partial charge < -0.3 is 10.0 Å². The predicted octanol–water partition coefficient (Wildman–Crippen LogP) is 2.38. The summed E-state index contributed by atoms with van der Waals surface area (Å²) in [5.41, 5.74) is 1.59. The molecular weight excluding hydrogens is 186 g/mol. The van der Waals surface area contributed by atoms with Gasteiger partial charge in [0.2, 0.25) is 0 Å². The lowest BCUT2D eigenvalue weighted by molar-refractivity contribution is 0.0845. The van der Waals surface area contributed by atoms with Crippen LogP contribution in [0.25, 0.3) is 0 Å². The number of likely N-dealkylation sites (N-methyl/N-ethyl adjacent to an activating group) is 1. The molecule has 0 aliphatic carbocycles. The molecule has 2 heteroatoms. The van der Waals surface area contributed by atoms with E-state index in [2.05, 4.69) is 24.9 Å². The van der Waals surface area contributed by atoms with Crippen molar-refractivity contribution in [2.75, 3.05) is 20.1 Å². The number of hydrogen-bond donors (Lipinski definition) is 1. The summed E-state index contributed by atoms with van der Waals surface area (Å²) >= 11 is 0. The van der Waals surface area contributed by atoms with E-state index in [4.69, 9.17) is 0 Å². The first-order valence-electron chi connectivity index (χ1n) is 5.64. The van der Waals surface area contributed by atoms with Crippen molar-refractivity contribution in [1.29, 1.82) is 0 Å². The Morgan fingerprint density at radius 1 is 1.40 bits per heavy atom. The van der Waals surface area contributed by atoms with Crippen molar-refractivity contribution in [2.45, 2.75) is 25.2 Å². The number of nitrogens with zero attached hydrogens (tertiary/aromatic N) is 1. The van der Waals surface area contributed by atoms with Crippen molar-refractivity contribution in [3.8, 4) is 5.75 Å². The Bertz CT molecular complexity index is 337. The number of likely N-dealkylation sites (tertiary alicyclic amines) is 1. The summed E-state index contributed by atoms with van der Waals surface area (Å²) in [4.78, 5) is 2.33. The molecule has 2 nitrogen and oxygen atoms in total. The topological polar surface area (TPSA) is 23.5 Å². The van der Waals surface area contributed by atoms with Gasteiger partial charge in [0.05, 0.1) is 0 Å². The molecule has 1 fully saturated rings. The van der Waals surface area contributed by atoms with Crippen molar-refractivity contribution < 1.29 is 5.11 Å². The highest BCUT2D eigenvalue weighted by molar-refractivity contribution is 5.35. The van der Waals surface area contributed by atoms with Gasteiger partial charge in [-0.25, -0.2) is 0 Å². The molecule has 1 heterocycles. The second-order valence-electron chi connectivity index (χ2n) is 4.75. The molecule has 1 aliphatic heterocycles. The van der Waals surface area contributed by atoms with Gasteiger partial charge in [-0.3, -0.25) is 0 Å². The minimum absolute atomic E-state index is 0.294. The zero-order valence-corrected chi connectivity index (χ0v) is 9.53. The van der Waals surface area contributed by atoms with E-state index in [0.29, 0.717) is 11.2 Å². The molecule has 0 atom stereocenters. The number of hydrogen-bond acceptors (Lipinski definition) is 2. The molecule has 15 heavy (non-hydrogen) atoms. The largest absolute Gasteiger partial charge is 0.508 e. The minimum atomic E-state index is 0.294. The molecule has 0 amide bonds. The first kappa shape index (κ1) is 10.5. The second kappa shape index (κ2) is 3.86. The van der Waals surface area contributed by atoms with Gasteiger partial charge in [-0.05, 0) is 31.2 Å². The molecule has 0 unspecified atom stereocenters. The molecule has 1 aromatic carbocycles. The minimum Gasteiger partial charge on any atom is -0.508 e. The monoisotopic (exact) mass is 205 g/mol. The molecule has 1 N–H and O–H groups in total. The van der Waals surface area contributed by atoms with Crippen LogP contribution in [0.1, 0.15) is 25.3 Å².